The highest BCUT2D eigenvalue weighted by Gasteiger charge is 2.08. The van der Waals surface area contributed by atoms with E-state index in [1.54, 1.807) is 0 Å². The van der Waals surface area contributed by atoms with Crippen LogP contribution in [0.15, 0.2) is 24.3 Å². The summed E-state index contributed by atoms with van der Waals surface area (Å²) in [5, 5.41) is 3.77. The first-order valence-corrected chi connectivity index (χ1v) is 8.71. The number of benzene rings is 1. The molecule has 21 heavy (non-hydrogen) atoms. The summed E-state index contributed by atoms with van der Waals surface area (Å²) in [6.07, 6.45) is 10.6. The number of nitrogens with zero attached hydrogens (tertiary/aromatic N) is 1. The van der Waals surface area contributed by atoms with Gasteiger partial charge >= 0.3 is 0 Å². The average Bonchev–Trinajstić information content (AvgIpc) is 2.48. The average molecular weight is 290 g/mol. The van der Waals surface area contributed by atoms with Crippen LogP contribution < -0.4 is 10.2 Å². The van der Waals surface area contributed by atoms with Crippen LogP contribution in [-0.2, 0) is 0 Å². The molecular formula is C19H34N2. The van der Waals surface area contributed by atoms with Crippen LogP contribution in [0.4, 0.5) is 11.4 Å². The van der Waals surface area contributed by atoms with Crippen molar-refractivity contribution in [1.82, 2.24) is 0 Å². The standard InChI is InChI=1S/C19H34N2/c1-5-7-9-12-17(13-10-8-6-2)20-18-14-11-15-19(16-18)21(3)4/h11,14-17,20H,5-10,12-13H2,1-4H3. The summed E-state index contributed by atoms with van der Waals surface area (Å²) in [7, 11) is 4.19. The van der Waals surface area contributed by atoms with Gasteiger partial charge in [0.1, 0.15) is 0 Å². The molecule has 0 radical (unpaired) electrons. The first-order valence-electron chi connectivity index (χ1n) is 8.71. The van der Waals surface area contributed by atoms with E-state index in [2.05, 4.69) is 62.4 Å². The van der Waals surface area contributed by atoms with Crippen molar-refractivity contribution in [2.75, 3.05) is 24.3 Å². The number of nitrogens with one attached hydrogen (secondary N) is 1. The SMILES string of the molecule is CCCCCC(CCCCC)Nc1cccc(N(C)C)c1. The molecule has 0 atom stereocenters. The summed E-state index contributed by atoms with van der Waals surface area (Å²) in [5.74, 6) is 0. The Kier molecular flexibility index (Phi) is 8.96. The highest BCUT2D eigenvalue weighted by molar-refractivity contribution is 5.57. The van der Waals surface area contributed by atoms with Gasteiger partial charge in [-0.2, -0.15) is 0 Å². The topological polar surface area (TPSA) is 15.3 Å². The van der Waals surface area contributed by atoms with E-state index in [0.29, 0.717) is 6.04 Å². The van der Waals surface area contributed by atoms with Crippen LogP contribution in [0.1, 0.15) is 65.2 Å². The summed E-state index contributed by atoms with van der Waals surface area (Å²) >= 11 is 0. The zero-order valence-electron chi connectivity index (χ0n) is 14.5. The second-order valence-electron chi connectivity index (χ2n) is 6.28. The normalized spacial score (nSPS) is 10.9. The third-order valence-electron chi connectivity index (χ3n) is 4.05. The Labute approximate surface area is 131 Å². The quantitative estimate of drug-likeness (QED) is 0.526. The van der Waals surface area contributed by atoms with E-state index in [1.807, 2.05) is 0 Å². The number of rotatable bonds is 11. The van der Waals surface area contributed by atoms with Gasteiger partial charge in [0.15, 0.2) is 0 Å². The molecule has 0 amide bonds. The lowest BCUT2D eigenvalue weighted by Gasteiger charge is -2.21. The number of unbranched alkanes of at least 4 members (excludes halogenated alkanes) is 4. The van der Waals surface area contributed by atoms with Gasteiger partial charge in [-0.1, -0.05) is 58.4 Å². The van der Waals surface area contributed by atoms with Crippen LogP contribution in [-0.4, -0.2) is 20.1 Å². The maximum absolute atomic E-state index is 3.77. The molecule has 1 rings (SSSR count). The third-order valence-corrected chi connectivity index (χ3v) is 4.05. The van der Waals surface area contributed by atoms with E-state index >= 15 is 0 Å². The van der Waals surface area contributed by atoms with Crippen LogP contribution in [0, 0.1) is 0 Å². The Morgan fingerprint density at radius 1 is 0.952 bits per heavy atom. The molecule has 0 unspecified atom stereocenters. The fourth-order valence-corrected chi connectivity index (χ4v) is 2.68. The first-order chi connectivity index (χ1) is 10.2. The van der Waals surface area contributed by atoms with E-state index in [0.717, 1.165) is 0 Å². The minimum Gasteiger partial charge on any atom is -0.382 e. The highest BCUT2D eigenvalue weighted by atomic mass is 15.1. The maximum atomic E-state index is 3.77. The summed E-state index contributed by atoms with van der Waals surface area (Å²) in [6.45, 7) is 4.56. The molecule has 0 spiro atoms. The smallest absolute Gasteiger partial charge is 0.0381 e. The fourth-order valence-electron chi connectivity index (χ4n) is 2.68. The zero-order valence-corrected chi connectivity index (χ0v) is 14.5. The summed E-state index contributed by atoms with van der Waals surface area (Å²) in [4.78, 5) is 2.16. The van der Waals surface area contributed by atoms with Crippen molar-refractivity contribution in [1.29, 1.82) is 0 Å². The molecule has 0 aliphatic heterocycles. The molecule has 0 aliphatic rings. The van der Waals surface area contributed by atoms with Gasteiger partial charge in [-0.3, -0.25) is 0 Å². The summed E-state index contributed by atoms with van der Waals surface area (Å²) in [6, 6.07) is 9.38. The van der Waals surface area contributed by atoms with Gasteiger partial charge in [0, 0.05) is 31.5 Å². The Morgan fingerprint density at radius 3 is 2.10 bits per heavy atom. The molecule has 0 saturated carbocycles. The predicted octanol–water partition coefficient (Wildman–Crippen LogP) is 5.69. The van der Waals surface area contributed by atoms with Gasteiger partial charge < -0.3 is 10.2 Å². The van der Waals surface area contributed by atoms with Crippen LogP contribution in [0.2, 0.25) is 0 Å². The Morgan fingerprint density at radius 2 is 1.57 bits per heavy atom. The van der Waals surface area contributed by atoms with Gasteiger partial charge in [-0.05, 0) is 31.0 Å². The van der Waals surface area contributed by atoms with Gasteiger partial charge in [-0.25, -0.2) is 0 Å². The lowest BCUT2D eigenvalue weighted by Crippen LogP contribution is -2.20. The Balaban J connectivity index is 2.58. The minimum atomic E-state index is 0.625. The largest absolute Gasteiger partial charge is 0.382 e. The van der Waals surface area contributed by atoms with Crippen molar-refractivity contribution in [3.8, 4) is 0 Å². The van der Waals surface area contributed by atoms with Crippen molar-refractivity contribution in [3.05, 3.63) is 24.3 Å². The lowest BCUT2D eigenvalue weighted by atomic mass is 10.0. The zero-order chi connectivity index (χ0) is 15.5. The molecule has 1 N–H and O–H groups in total. The van der Waals surface area contributed by atoms with E-state index in [-0.39, 0.29) is 0 Å². The Bertz CT molecular complexity index is 364. The van der Waals surface area contributed by atoms with Gasteiger partial charge in [-0.15, -0.1) is 0 Å². The monoisotopic (exact) mass is 290 g/mol. The third kappa shape index (κ3) is 7.40. The van der Waals surface area contributed by atoms with Crippen molar-refractivity contribution >= 4 is 11.4 Å². The molecule has 0 heterocycles. The first kappa shape index (κ1) is 17.9. The van der Waals surface area contributed by atoms with Crippen LogP contribution in [0.5, 0.6) is 0 Å². The second kappa shape index (κ2) is 10.5. The van der Waals surface area contributed by atoms with Crippen LogP contribution in [0.25, 0.3) is 0 Å². The van der Waals surface area contributed by atoms with E-state index in [1.165, 1.54) is 62.7 Å². The number of hydrogen-bond acceptors (Lipinski definition) is 2. The van der Waals surface area contributed by atoms with E-state index in [4.69, 9.17) is 0 Å². The highest BCUT2D eigenvalue weighted by Crippen LogP contribution is 2.21. The lowest BCUT2D eigenvalue weighted by molar-refractivity contribution is 0.526. The second-order valence-corrected chi connectivity index (χ2v) is 6.28. The van der Waals surface area contributed by atoms with Gasteiger partial charge in [0.2, 0.25) is 0 Å². The Hall–Kier alpha value is -1.18. The molecule has 1 aromatic carbocycles. The van der Waals surface area contributed by atoms with E-state index < -0.39 is 0 Å². The number of anilines is 2. The fraction of sp³-hybridized carbons (Fsp3) is 0.684. The molecule has 0 saturated heterocycles. The van der Waals surface area contributed by atoms with Crippen molar-refractivity contribution in [2.45, 2.75) is 71.3 Å². The van der Waals surface area contributed by atoms with E-state index in [9.17, 15) is 0 Å². The van der Waals surface area contributed by atoms with Crippen LogP contribution >= 0.6 is 0 Å². The molecular weight excluding hydrogens is 256 g/mol. The van der Waals surface area contributed by atoms with Gasteiger partial charge in [0.25, 0.3) is 0 Å². The van der Waals surface area contributed by atoms with Crippen molar-refractivity contribution < 1.29 is 0 Å². The van der Waals surface area contributed by atoms with Gasteiger partial charge in [0.05, 0.1) is 0 Å². The molecule has 2 nitrogen and oxygen atoms in total. The molecule has 2 heteroatoms. The predicted molar refractivity (Wildman–Crippen MR) is 96.5 cm³/mol. The molecule has 0 bridgehead atoms. The van der Waals surface area contributed by atoms with Crippen LogP contribution in [0.3, 0.4) is 0 Å². The van der Waals surface area contributed by atoms with Crippen molar-refractivity contribution in [2.24, 2.45) is 0 Å². The summed E-state index contributed by atoms with van der Waals surface area (Å²) in [5.41, 5.74) is 2.53. The maximum Gasteiger partial charge on any atom is 0.0381 e. The molecule has 0 fully saturated rings. The molecule has 0 aliphatic carbocycles. The minimum absolute atomic E-state index is 0.625. The van der Waals surface area contributed by atoms with Crippen molar-refractivity contribution in [3.63, 3.8) is 0 Å². The number of hydrogen-bond donors (Lipinski definition) is 1. The molecule has 0 aromatic heterocycles. The summed E-state index contributed by atoms with van der Waals surface area (Å²) < 4.78 is 0. The molecule has 120 valence electrons. The molecule has 1 aromatic rings.